The molecule has 5 rings (SSSR count). The summed E-state index contributed by atoms with van der Waals surface area (Å²) >= 11 is 0. The highest BCUT2D eigenvalue weighted by molar-refractivity contribution is 5.87. The maximum absolute atomic E-state index is 2.44. The van der Waals surface area contributed by atoms with Gasteiger partial charge in [0.15, 0.2) is 0 Å². The lowest BCUT2D eigenvalue weighted by molar-refractivity contribution is 0.760. The van der Waals surface area contributed by atoms with Gasteiger partial charge in [-0.2, -0.15) is 0 Å². The van der Waals surface area contributed by atoms with Crippen LogP contribution in [0.4, 0.5) is 0 Å². The summed E-state index contributed by atoms with van der Waals surface area (Å²) in [5.74, 6) is 0. The zero-order chi connectivity index (χ0) is 23.7. The Morgan fingerprint density at radius 1 is 0.424 bits per heavy atom. The van der Waals surface area contributed by atoms with E-state index in [-0.39, 0.29) is 5.41 Å². The summed E-state index contributed by atoms with van der Waals surface area (Å²) in [6.45, 7) is 18.0. The third kappa shape index (κ3) is 3.04. The lowest BCUT2D eigenvalue weighted by Crippen LogP contribution is -2.29. The van der Waals surface area contributed by atoms with Gasteiger partial charge in [-0.1, -0.05) is 71.8 Å². The van der Waals surface area contributed by atoms with Gasteiger partial charge >= 0.3 is 0 Å². The van der Waals surface area contributed by atoms with Crippen molar-refractivity contribution in [1.29, 1.82) is 0 Å². The molecule has 1 aliphatic carbocycles. The van der Waals surface area contributed by atoms with E-state index in [0.29, 0.717) is 0 Å². The SMILES string of the molecule is Cc1ccc2c(c1)C(c1cc(C)c(C)c(C)c1)(c1cc(C)c(C)c(C)c1)c1cc(C)ccc1-2. The van der Waals surface area contributed by atoms with Crippen LogP contribution in [0, 0.1) is 55.4 Å². The molecule has 0 bridgehead atoms. The molecule has 0 atom stereocenters. The quantitative estimate of drug-likeness (QED) is 0.263. The first-order chi connectivity index (χ1) is 15.6. The zero-order valence-electron chi connectivity index (χ0n) is 21.3. The van der Waals surface area contributed by atoms with Crippen LogP contribution in [-0.2, 0) is 5.41 Å². The maximum Gasteiger partial charge on any atom is 0.0714 e. The van der Waals surface area contributed by atoms with Crippen LogP contribution in [0.1, 0.15) is 66.8 Å². The standard InChI is InChI=1S/C33H34/c1-19-9-11-29-30-12-10-20(2)14-32(30)33(31(29)13-19,27-15-21(3)25(7)22(4)16-27)28-17-23(5)26(8)24(6)18-28/h9-18H,1-8H3. The van der Waals surface area contributed by atoms with E-state index in [2.05, 4.69) is 116 Å². The van der Waals surface area contributed by atoms with E-state index in [0.717, 1.165) is 0 Å². The third-order valence-electron chi connectivity index (χ3n) is 8.17. The predicted molar refractivity (Wildman–Crippen MR) is 142 cm³/mol. The van der Waals surface area contributed by atoms with Crippen molar-refractivity contribution in [1.82, 2.24) is 0 Å². The van der Waals surface area contributed by atoms with Crippen molar-refractivity contribution in [3.05, 3.63) is 127 Å². The summed E-state index contributed by atoms with van der Waals surface area (Å²) in [6, 6.07) is 23.8. The first kappa shape index (κ1) is 21.7. The molecule has 0 saturated carbocycles. The Labute approximate surface area is 199 Å². The fraction of sp³-hybridized carbons (Fsp3) is 0.273. The lowest BCUT2D eigenvalue weighted by Gasteiger charge is -2.36. The molecule has 0 aromatic heterocycles. The second-order valence-corrected chi connectivity index (χ2v) is 10.3. The summed E-state index contributed by atoms with van der Waals surface area (Å²) in [5, 5.41) is 0. The van der Waals surface area contributed by atoms with Crippen LogP contribution in [0.25, 0.3) is 11.1 Å². The summed E-state index contributed by atoms with van der Waals surface area (Å²) < 4.78 is 0. The number of fused-ring (bicyclic) bond motifs is 3. The van der Waals surface area contributed by atoms with Crippen LogP contribution in [0.15, 0.2) is 60.7 Å². The molecule has 0 radical (unpaired) electrons. The molecule has 0 spiro atoms. The minimum absolute atomic E-state index is 0.324. The minimum atomic E-state index is -0.324. The van der Waals surface area contributed by atoms with E-state index < -0.39 is 0 Å². The minimum Gasteiger partial charge on any atom is -0.0587 e. The van der Waals surface area contributed by atoms with Gasteiger partial charge in [0.1, 0.15) is 0 Å². The van der Waals surface area contributed by atoms with E-state index in [1.165, 1.54) is 77.9 Å². The van der Waals surface area contributed by atoms with Crippen LogP contribution in [0.2, 0.25) is 0 Å². The average molecular weight is 431 g/mol. The molecule has 0 N–H and O–H groups in total. The number of hydrogen-bond acceptors (Lipinski definition) is 0. The molecule has 0 amide bonds. The van der Waals surface area contributed by atoms with E-state index in [4.69, 9.17) is 0 Å². The van der Waals surface area contributed by atoms with E-state index in [1.807, 2.05) is 0 Å². The molecule has 0 fully saturated rings. The molecule has 0 heterocycles. The predicted octanol–water partition coefficient (Wildman–Crippen LogP) is 8.52. The highest BCUT2D eigenvalue weighted by Crippen LogP contribution is 2.57. The van der Waals surface area contributed by atoms with Gasteiger partial charge in [-0.3, -0.25) is 0 Å². The van der Waals surface area contributed by atoms with Crippen LogP contribution < -0.4 is 0 Å². The molecule has 0 aliphatic heterocycles. The van der Waals surface area contributed by atoms with Gasteiger partial charge in [0.05, 0.1) is 5.41 Å². The maximum atomic E-state index is 2.44. The van der Waals surface area contributed by atoms with E-state index >= 15 is 0 Å². The Morgan fingerprint density at radius 2 is 0.758 bits per heavy atom. The van der Waals surface area contributed by atoms with Crippen LogP contribution in [0.3, 0.4) is 0 Å². The third-order valence-corrected chi connectivity index (χ3v) is 8.17. The van der Waals surface area contributed by atoms with Crippen molar-refractivity contribution in [3.8, 4) is 11.1 Å². The van der Waals surface area contributed by atoms with Crippen molar-refractivity contribution in [2.45, 2.75) is 60.8 Å². The molecule has 1 aliphatic rings. The van der Waals surface area contributed by atoms with Gasteiger partial charge in [0.25, 0.3) is 0 Å². The van der Waals surface area contributed by atoms with Crippen molar-refractivity contribution in [2.24, 2.45) is 0 Å². The molecule has 4 aromatic rings. The second-order valence-electron chi connectivity index (χ2n) is 10.3. The molecule has 0 saturated heterocycles. The van der Waals surface area contributed by atoms with E-state index in [1.54, 1.807) is 0 Å². The summed E-state index contributed by atoms with van der Waals surface area (Å²) in [6.07, 6.45) is 0. The normalized spacial score (nSPS) is 13.7. The summed E-state index contributed by atoms with van der Waals surface area (Å²) in [4.78, 5) is 0. The molecular formula is C33H34. The van der Waals surface area contributed by atoms with Crippen molar-refractivity contribution < 1.29 is 0 Å². The van der Waals surface area contributed by atoms with Gasteiger partial charge in [0.2, 0.25) is 0 Å². The molecule has 0 nitrogen and oxygen atoms in total. The van der Waals surface area contributed by atoms with Crippen molar-refractivity contribution in [3.63, 3.8) is 0 Å². The van der Waals surface area contributed by atoms with Gasteiger partial charge in [0, 0.05) is 0 Å². The topological polar surface area (TPSA) is 0 Å². The van der Waals surface area contributed by atoms with Crippen LogP contribution >= 0.6 is 0 Å². The first-order valence-corrected chi connectivity index (χ1v) is 12.0. The largest absolute Gasteiger partial charge is 0.0714 e. The molecule has 0 unspecified atom stereocenters. The molecule has 0 heteroatoms. The monoisotopic (exact) mass is 430 g/mol. The Morgan fingerprint density at radius 3 is 1.09 bits per heavy atom. The smallest absolute Gasteiger partial charge is 0.0587 e. The fourth-order valence-electron chi connectivity index (χ4n) is 5.84. The van der Waals surface area contributed by atoms with Crippen LogP contribution in [-0.4, -0.2) is 0 Å². The molecule has 166 valence electrons. The molecule has 4 aromatic carbocycles. The Kier molecular flexibility index (Phi) is 4.90. The molecular weight excluding hydrogens is 396 g/mol. The van der Waals surface area contributed by atoms with Gasteiger partial charge in [-0.25, -0.2) is 0 Å². The number of rotatable bonds is 2. The van der Waals surface area contributed by atoms with Gasteiger partial charge in [-0.05, 0) is 122 Å². The fourth-order valence-corrected chi connectivity index (χ4v) is 5.84. The first-order valence-electron chi connectivity index (χ1n) is 12.0. The number of benzene rings is 4. The number of hydrogen-bond donors (Lipinski definition) is 0. The highest BCUT2D eigenvalue weighted by atomic mass is 14.5. The lowest BCUT2D eigenvalue weighted by atomic mass is 9.66. The van der Waals surface area contributed by atoms with Crippen LogP contribution in [0.5, 0.6) is 0 Å². The summed E-state index contributed by atoms with van der Waals surface area (Å²) in [7, 11) is 0. The zero-order valence-corrected chi connectivity index (χ0v) is 21.3. The van der Waals surface area contributed by atoms with Gasteiger partial charge < -0.3 is 0 Å². The van der Waals surface area contributed by atoms with Crippen molar-refractivity contribution in [2.75, 3.05) is 0 Å². The Bertz CT molecular complexity index is 1270. The number of aryl methyl sites for hydroxylation is 6. The second kappa shape index (κ2) is 7.45. The summed E-state index contributed by atoms with van der Waals surface area (Å²) in [5.41, 5.74) is 18.8. The highest BCUT2D eigenvalue weighted by Gasteiger charge is 2.46. The van der Waals surface area contributed by atoms with Gasteiger partial charge in [-0.15, -0.1) is 0 Å². The molecule has 33 heavy (non-hydrogen) atoms. The average Bonchev–Trinajstić information content (AvgIpc) is 3.04. The van der Waals surface area contributed by atoms with Crippen molar-refractivity contribution >= 4 is 0 Å². The Balaban J connectivity index is 2.03. The van der Waals surface area contributed by atoms with E-state index in [9.17, 15) is 0 Å². The Hall–Kier alpha value is -3.12.